The fourth-order valence-electron chi connectivity index (χ4n) is 0.409. The molecule has 46 valence electrons. The van der Waals surface area contributed by atoms with Gasteiger partial charge in [-0.3, -0.25) is 0 Å². The maximum atomic E-state index is 4.03. The predicted molar refractivity (Wildman–Crippen MR) is 47.2 cm³/mol. The minimum absolute atomic E-state index is 0.887. The molecule has 0 aromatic rings. The molecule has 1 rings (SSSR count). The van der Waals surface area contributed by atoms with Crippen molar-refractivity contribution in [1.29, 1.82) is 0 Å². The Morgan fingerprint density at radius 1 is 1.67 bits per heavy atom. The van der Waals surface area contributed by atoms with E-state index >= 15 is 0 Å². The van der Waals surface area contributed by atoms with Crippen LogP contribution >= 0.6 is 22.6 Å². The quantitative estimate of drug-likeness (QED) is 0.570. The molecule has 0 N–H and O–H groups in total. The van der Waals surface area contributed by atoms with E-state index in [1.165, 1.54) is 0 Å². The first kappa shape index (κ1) is 6.71. The number of hydrogen-bond donors (Lipinski definition) is 0. The normalized spacial score (nSPS) is 16.7. The summed E-state index contributed by atoms with van der Waals surface area (Å²) in [5.74, 6) is 2.74. The number of halogens is 1. The number of aliphatic imine (C=N–C) groups is 2. The molecule has 0 aromatic heterocycles. The Hall–Kier alpha value is -0.410. The smallest absolute Gasteiger partial charge is 0.110 e. The summed E-state index contributed by atoms with van der Waals surface area (Å²) in [7, 11) is 0. The molecule has 0 saturated carbocycles. The lowest BCUT2D eigenvalue weighted by molar-refractivity contribution is 1.29. The molecule has 0 radical (unpaired) electrons. The Morgan fingerprint density at radius 2 is 2.44 bits per heavy atom. The Balaban J connectivity index is 3.00. The molecule has 9 heavy (non-hydrogen) atoms. The fraction of sp³-hybridized carbons (Fsp3) is 0.167. The highest BCUT2D eigenvalue weighted by Gasteiger charge is 1.86. The van der Waals surface area contributed by atoms with Gasteiger partial charge in [0.1, 0.15) is 3.72 Å². The van der Waals surface area contributed by atoms with Gasteiger partial charge in [0.15, 0.2) is 0 Å². The van der Waals surface area contributed by atoms with Crippen molar-refractivity contribution < 1.29 is 0 Å². The summed E-state index contributed by atoms with van der Waals surface area (Å²) >= 11 is 2.12. The molecule has 0 aromatic carbocycles. The maximum absolute atomic E-state index is 4.03. The van der Waals surface area contributed by atoms with Gasteiger partial charge in [0.25, 0.3) is 0 Å². The summed E-state index contributed by atoms with van der Waals surface area (Å²) in [4.78, 5) is 7.94. The van der Waals surface area contributed by atoms with Crippen molar-refractivity contribution in [2.24, 2.45) is 9.98 Å². The summed E-state index contributed by atoms with van der Waals surface area (Å²) in [6.45, 7) is 1.89. The Labute approximate surface area is 67.2 Å². The molecular weight excluding hydrogens is 227 g/mol. The number of rotatable bonds is 0. The first-order valence-corrected chi connectivity index (χ1v) is 3.56. The summed E-state index contributed by atoms with van der Waals surface area (Å²) < 4.78 is 0.910. The van der Waals surface area contributed by atoms with Crippen molar-refractivity contribution in [2.75, 3.05) is 0 Å². The Morgan fingerprint density at radius 3 is 3.22 bits per heavy atom. The van der Waals surface area contributed by atoms with Crippen molar-refractivity contribution in [3.63, 3.8) is 0 Å². The largest absolute Gasteiger partial charge is 0.248 e. The van der Waals surface area contributed by atoms with Crippen molar-refractivity contribution in [3.8, 4) is 0 Å². The van der Waals surface area contributed by atoms with Crippen LogP contribution in [0.2, 0.25) is 0 Å². The fourth-order valence-corrected chi connectivity index (χ4v) is 0.687. The monoisotopic (exact) mass is 232 g/mol. The Bertz CT molecular complexity index is 209. The van der Waals surface area contributed by atoms with Gasteiger partial charge in [-0.05, 0) is 35.4 Å². The van der Waals surface area contributed by atoms with E-state index in [4.69, 9.17) is 0 Å². The summed E-state index contributed by atoms with van der Waals surface area (Å²) in [6.07, 6.45) is 3.46. The van der Waals surface area contributed by atoms with Crippen LogP contribution in [0.25, 0.3) is 0 Å². The van der Waals surface area contributed by atoms with Crippen molar-refractivity contribution in [2.45, 2.75) is 6.92 Å². The summed E-state index contributed by atoms with van der Waals surface area (Å²) in [6, 6.07) is 0. The topological polar surface area (TPSA) is 24.7 Å². The van der Waals surface area contributed by atoms with Gasteiger partial charge in [-0.15, -0.1) is 0 Å². The van der Waals surface area contributed by atoms with Gasteiger partial charge in [0.2, 0.25) is 0 Å². The number of allylic oxidation sites excluding steroid dienone is 2. The lowest BCUT2D eigenvalue weighted by Crippen LogP contribution is -1.72. The van der Waals surface area contributed by atoms with E-state index in [-0.39, 0.29) is 0 Å². The first-order valence-electron chi connectivity index (χ1n) is 2.48. The zero-order valence-electron chi connectivity index (χ0n) is 4.93. The molecule has 0 bridgehead atoms. The molecule has 1 aliphatic heterocycles. The lowest BCUT2D eigenvalue weighted by atomic mass is 10.6. The van der Waals surface area contributed by atoms with E-state index in [2.05, 4.69) is 38.4 Å². The van der Waals surface area contributed by atoms with Crippen LogP contribution in [-0.4, -0.2) is 9.59 Å². The SMILES string of the molecule is CC1=CN=C(I)C=C=N1. The van der Waals surface area contributed by atoms with E-state index in [0.717, 1.165) is 9.42 Å². The van der Waals surface area contributed by atoms with E-state index in [0.29, 0.717) is 0 Å². The Kier molecular flexibility index (Phi) is 2.19. The molecule has 1 heterocycles. The van der Waals surface area contributed by atoms with Gasteiger partial charge in [-0.25, -0.2) is 9.98 Å². The third-order valence-corrected chi connectivity index (χ3v) is 1.39. The van der Waals surface area contributed by atoms with Gasteiger partial charge >= 0.3 is 0 Å². The van der Waals surface area contributed by atoms with Gasteiger partial charge in [-0.2, -0.15) is 0 Å². The molecular formula is C6H5IN2. The molecule has 0 amide bonds. The highest BCUT2D eigenvalue weighted by atomic mass is 127. The number of hydrogen-bond acceptors (Lipinski definition) is 2. The first-order chi connectivity index (χ1) is 4.29. The third-order valence-electron chi connectivity index (χ3n) is 0.799. The molecule has 0 atom stereocenters. The molecule has 0 aliphatic carbocycles. The van der Waals surface area contributed by atoms with Crippen LogP contribution in [0.4, 0.5) is 0 Å². The third kappa shape index (κ3) is 2.11. The van der Waals surface area contributed by atoms with E-state index in [1.54, 1.807) is 12.3 Å². The van der Waals surface area contributed by atoms with Gasteiger partial charge < -0.3 is 0 Å². The summed E-state index contributed by atoms with van der Waals surface area (Å²) in [5.41, 5.74) is 0.887. The predicted octanol–water partition coefficient (Wildman–Crippen LogP) is 1.92. The average molecular weight is 232 g/mol. The lowest BCUT2D eigenvalue weighted by Gasteiger charge is -1.80. The minimum atomic E-state index is 0.887. The van der Waals surface area contributed by atoms with Crippen LogP contribution in [0.5, 0.6) is 0 Å². The van der Waals surface area contributed by atoms with E-state index in [9.17, 15) is 0 Å². The molecule has 0 unspecified atom stereocenters. The standard InChI is InChI=1S/C6H5IN2/c1-5-4-9-6(7)2-3-8-5/h2,4H,1H3. The van der Waals surface area contributed by atoms with Crippen LogP contribution in [0.1, 0.15) is 6.92 Å². The molecule has 1 aliphatic rings. The van der Waals surface area contributed by atoms with Crippen molar-refractivity contribution in [3.05, 3.63) is 18.0 Å². The second-order valence-electron chi connectivity index (χ2n) is 1.61. The molecule has 2 nitrogen and oxygen atoms in total. The number of nitrogens with zero attached hydrogens (tertiary/aromatic N) is 2. The zero-order valence-corrected chi connectivity index (χ0v) is 7.08. The van der Waals surface area contributed by atoms with Crippen LogP contribution in [0.15, 0.2) is 28.0 Å². The second kappa shape index (κ2) is 2.94. The summed E-state index contributed by atoms with van der Waals surface area (Å²) in [5, 5.41) is 0. The highest BCUT2D eigenvalue weighted by Crippen LogP contribution is 2.00. The van der Waals surface area contributed by atoms with Gasteiger partial charge in [-0.1, -0.05) is 0 Å². The van der Waals surface area contributed by atoms with Crippen LogP contribution in [-0.2, 0) is 0 Å². The highest BCUT2D eigenvalue weighted by molar-refractivity contribution is 14.1. The van der Waals surface area contributed by atoms with E-state index < -0.39 is 0 Å². The van der Waals surface area contributed by atoms with Crippen LogP contribution < -0.4 is 0 Å². The molecule has 0 fully saturated rings. The van der Waals surface area contributed by atoms with Crippen LogP contribution in [0, 0.1) is 0 Å². The molecule has 3 heteroatoms. The van der Waals surface area contributed by atoms with Gasteiger partial charge in [0.05, 0.1) is 11.9 Å². The average Bonchev–Trinajstić information content (AvgIpc) is 1.97. The minimum Gasteiger partial charge on any atom is -0.248 e. The second-order valence-corrected chi connectivity index (χ2v) is 2.71. The molecule has 0 spiro atoms. The van der Waals surface area contributed by atoms with Crippen molar-refractivity contribution in [1.82, 2.24) is 0 Å². The van der Waals surface area contributed by atoms with Crippen molar-refractivity contribution >= 4 is 32.2 Å². The zero-order chi connectivity index (χ0) is 6.69. The van der Waals surface area contributed by atoms with Gasteiger partial charge in [0, 0.05) is 6.08 Å². The molecule has 0 saturated heterocycles. The van der Waals surface area contributed by atoms with E-state index in [1.807, 2.05) is 6.92 Å². The maximum Gasteiger partial charge on any atom is 0.110 e. The van der Waals surface area contributed by atoms with Crippen LogP contribution in [0.3, 0.4) is 0 Å².